The third-order valence-corrected chi connectivity index (χ3v) is 10.7. The molecule has 0 nitrogen and oxygen atoms in total. The second kappa shape index (κ2) is 11.6. The van der Waals surface area contributed by atoms with Crippen molar-refractivity contribution in [2.24, 2.45) is 0 Å². The third kappa shape index (κ3) is 4.66. The second-order valence-electron chi connectivity index (χ2n) is 13.4. The van der Waals surface area contributed by atoms with Gasteiger partial charge in [-0.05, 0) is 127 Å². The van der Waals surface area contributed by atoms with Crippen molar-refractivity contribution in [2.75, 3.05) is 0 Å². The van der Waals surface area contributed by atoms with Crippen molar-refractivity contribution in [2.45, 2.75) is 44.9 Å². The first-order valence-electron chi connectivity index (χ1n) is 17.3. The third-order valence-electron chi connectivity index (χ3n) is 10.7. The quantitative estimate of drug-likeness (QED) is 0.188. The van der Waals surface area contributed by atoms with Gasteiger partial charge in [-0.2, -0.15) is 0 Å². The van der Waals surface area contributed by atoms with Crippen LogP contribution in [0.3, 0.4) is 0 Å². The number of hydrogen-bond acceptors (Lipinski definition) is 0. The van der Waals surface area contributed by atoms with Gasteiger partial charge < -0.3 is 0 Å². The molecule has 0 saturated heterocycles. The van der Waals surface area contributed by atoms with Gasteiger partial charge in [-0.3, -0.25) is 0 Å². The van der Waals surface area contributed by atoms with E-state index in [1.54, 1.807) is 0 Å². The molecule has 0 N–H and O–H groups in total. The van der Waals surface area contributed by atoms with Crippen molar-refractivity contribution in [1.29, 1.82) is 0 Å². The van der Waals surface area contributed by atoms with Crippen LogP contribution in [0.15, 0.2) is 140 Å². The van der Waals surface area contributed by atoms with Gasteiger partial charge in [0.05, 0.1) is 0 Å². The van der Waals surface area contributed by atoms with Crippen LogP contribution in [-0.4, -0.2) is 0 Å². The fraction of sp³-hybridized carbons (Fsp3) is 0.149. The van der Waals surface area contributed by atoms with Crippen molar-refractivity contribution >= 4 is 28.0 Å². The molecule has 0 fully saturated rings. The molecule has 0 spiro atoms. The Kier molecular flexibility index (Phi) is 6.90. The summed E-state index contributed by atoms with van der Waals surface area (Å²) in [5.41, 5.74) is 19.6. The molecule has 6 aromatic rings. The van der Waals surface area contributed by atoms with Crippen molar-refractivity contribution in [3.63, 3.8) is 0 Å². The Morgan fingerprint density at radius 3 is 2.06 bits per heavy atom. The molecule has 3 aliphatic rings. The van der Waals surface area contributed by atoms with E-state index in [-0.39, 0.29) is 0 Å². The molecule has 0 radical (unpaired) electrons. The molecule has 3 aliphatic carbocycles. The molecular formula is C47H38. The predicted molar refractivity (Wildman–Crippen MR) is 201 cm³/mol. The molecule has 1 atom stereocenters. The molecule has 47 heavy (non-hydrogen) atoms. The number of allylic oxidation sites excluding steroid dienone is 5. The molecule has 226 valence electrons. The lowest BCUT2D eigenvalue weighted by molar-refractivity contribution is 0.749. The van der Waals surface area contributed by atoms with E-state index >= 15 is 0 Å². The molecule has 1 unspecified atom stereocenters. The van der Waals surface area contributed by atoms with Gasteiger partial charge in [0.25, 0.3) is 0 Å². The van der Waals surface area contributed by atoms with Gasteiger partial charge in [0, 0.05) is 0 Å². The minimum atomic E-state index is 0.449. The van der Waals surface area contributed by atoms with Gasteiger partial charge in [0.2, 0.25) is 0 Å². The molecule has 0 aromatic heterocycles. The molecule has 0 heteroatoms. The SMILES string of the molecule is CC1Cc2cccc(C3=CCCC(c4ccccc4)=C3)c2-c2c(-c3c4c(c(-c5ccccc5)c5ccccc35)CCC=C4)cccc21. The van der Waals surface area contributed by atoms with Crippen LogP contribution in [0.1, 0.15) is 65.5 Å². The lowest BCUT2D eigenvalue weighted by Crippen LogP contribution is -2.12. The first-order chi connectivity index (χ1) is 23.3. The minimum Gasteiger partial charge on any atom is -0.0836 e. The molecule has 6 aromatic carbocycles. The van der Waals surface area contributed by atoms with Gasteiger partial charge in [0.1, 0.15) is 0 Å². The molecule has 0 bridgehead atoms. The summed E-state index contributed by atoms with van der Waals surface area (Å²) in [5.74, 6) is 0.449. The molecule has 0 aliphatic heterocycles. The molecule has 0 heterocycles. The van der Waals surface area contributed by atoms with Crippen molar-refractivity contribution in [3.05, 3.63) is 173 Å². The highest BCUT2D eigenvalue weighted by molar-refractivity contribution is 6.12. The van der Waals surface area contributed by atoms with Crippen LogP contribution in [-0.2, 0) is 12.8 Å². The topological polar surface area (TPSA) is 0 Å². The number of hydrogen-bond donors (Lipinski definition) is 0. The smallest absolute Gasteiger partial charge is 0.00234 e. The van der Waals surface area contributed by atoms with E-state index in [1.807, 2.05) is 0 Å². The van der Waals surface area contributed by atoms with E-state index in [9.17, 15) is 0 Å². The maximum atomic E-state index is 2.47. The van der Waals surface area contributed by atoms with E-state index in [2.05, 4.69) is 153 Å². The fourth-order valence-electron chi connectivity index (χ4n) is 8.59. The predicted octanol–water partition coefficient (Wildman–Crippen LogP) is 12.7. The second-order valence-corrected chi connectivity index (χ2v) is 13.4. The van der Waals surface area contributed by atoms with Crippen LogP contribution in [0.25, 0.3) is 61.4 Å². The summed E-state index contributed by atoms with van der Waals surface area (Å²) >= 11 is 0. The van der Waals surface area contributed by atoms with Gasteiger partial charge >= 0.3 is 0 Å². The van der Waals surface area contributed by atoms with Crippen LogP contribution in [0.2, 0.25) is 0 Å². The molecular weight excluding hydrogens is 565 g/mol. The summed E-state index contributed by atoms with van der Waals surface area (Å²) in [7, 11) is 0. The summed E-state index contributed by atoms with van der Waals surface area (Å²) in [5, 5.41) is 2.69. The Bertz CT molecular complexity index is 2260. The summed E-state index contributed by atoms with van der Waals surface area (Å²) < 4.78 is 0. The summed E-state index contributed by atoms with van der Waals surface area (Å²) in [6, 6.07) is 45.3. The number of rotatable bonds is 4. The van der Waals surface area contributed by atoms with Crippen LogP contribution in [0.4, 0.5) is 0 Å². The lowest BCUT2D eigenvalue weighted by atomic mass is 9.72. The summed E-state index contributed by atoms with van der Waals surface area (Å²) in [4.78, 5) is 0. The zero-order valence-corrected chi connectivity index (χ0v) is 27.0. The van der Waals surface area contributed by atoms with E-state index in [4.69, 9.17) is 0 Å². The van der Waals surface area contributed by atoms with Crippen LogP contribution in [0.5, 0.6) is 0 Å². The number of fused-ring (bicyclic) bond motifs is 5. The van der Waals surface area contributed by atoms with Crippen LogP contribution < -0.4 is 0 Å². The lowest BCUT2D eigenvalue weighted by Gasteiger charge is -2.32. The Morgan fingerprint density at radius 1 is 0.553 bits per heavy atom. The fourth-order valence-corrected chi connectivity index (χ4v) is 8.59. The molecule has 9 rings (SSSR count). The van der Waals surface area contributed by atoms with Crippen LogP contribution in [0, 0.1) is 0 Å². The maximum Gasteiger partial charge on any atom is -0.00234 e. The highest BCUT2D eigenvalue weighted by atomic mass is 14.3. The van der Waals surface area contributed by atoms with Gasteiger partial charge in [0.15, 0.2) is 0 Å². The first kappa shape index (κ1) is 28.1. The van der Waals surface area contributed by atoms with Gasteiger partial charge in [-0.1, -0.05) is 153 Å². The molecule has 0 saturated carbocycles. The highest BCUT2D eigenvalue weighted by Gasteiger charge is 2.30. The normalized spacial score (nSPS) is 16.6. The van der Waals surface area contributed by atoms with Crippen LogP contribution >= 0.6 is 0 Å². The van der Waals surface area contributed by atoms with E-state index < -0.39 is 0 Å². The van der Waals surface area contributed by atoms with Crippen molar-refractivity contribution in [1.82, 2.24) is 0 Å². The van der Waals surface area contributed by atoms with E-state index in [0.717, 1.165) is 32.1 Å². The Morgan fingerprint density at radius 2 is 1.26 bits per heavy atom. The maximum absolute atomic E-state index is 2.47. The zero-order chi connectivity index (χ0) is 31.3. The van der Waals surface area contributed by atoms with Gasteiger partial charge in [-0.25, -0.2) is 0 Å². The Balaban J connectivity index is 1.33. The minimum absolute atomic E-state index is 0.449. The summed E-state index contributed by atoms with van der Waals surface area (Å²) in [6.07, 6.45) is 15.1. The standard InChI is InChI=1S/C47H38/c1-31-29-36-21-13-27-38(35-20-12-19-34(30-35)32-15-4-2-5-16-32)45(36)47-37(31)26-14-28-43(47)46-41-24-10-8-22-39(41)44(33-17-6-3-7-18-33)40-23-9-11-25-42(40)46/h2-8,10-11,13-18,20-22,24-28,30-31H,9,12,19,23,29H2,1H3. The van der Waals surface area contributed by atoms with Crippen molar-refractivity contribution in [3.8, 4) is 33.4 Å². The average molecular weight is 603 g/mol. The monoisotopic (exact) mass is 602 g/mol. The van der Waals surface area contributed by atoms with Gasteiger partial charge in [-0.15, -0.1) is 0 Å². The average Bonchev–Trinajstić information content (AvgIpc) is 3.14. The largest absolute Gasteiger partial charge is 0.0836 e. The zero-order valence-electron chi connectivity index (χ0n) is 27.0. The first-order valence-corrected chi connectivity index (χ1v) is 17.3. The summed E-state index contributed by atoms with van der Waals surface area (Å²) in [6.45, 7) is 2.41. The highest BCUT2D eigenvalue weighted by Crippen LogP contribution is 2.52. The Labute approximate surface area is 278 Å². The van der Waals surface area contributed by atoms with E-state index in [0.29, 0.717) is 5.92 Å². The van der Waals surface area contributed by atoms with Crippen molar-refractivity contribution < 1.29 is 0 Å². The number of benzene rings is 6. The molecule has 0 amide bonds. The Hall–Kier alpha value is -5.20. The van der Waals surface area contributed by atoms with E-state index in [1.165, 1.54) is 88.7 Å².